The van der Waals surface area contributed by atoms with Gasteiger partial charge in [-0.15, -0.1) is 11.3 Å². The molecule has 3 N–H and O–H groups in total. The standard InChI is InChI=1S/C10H16N4O3S2/c11-9(12-15)8-13-3-5-14(6-4-13)19(16,17)10-2-1-7-18-10/h1-2,7,15H,3-6,8H2,(H2,11,12). The molecule has 0 amide bonds. The molecular formula is C10H16N4O3S2. The Bertz CT molecular complexity index is 533. The maximum Gasteiger partial charge on any atom is 0.252 e. The number of rotatable bonds is 4. The molecule has 7 nitrogen and oxygen atoms in total. The average Bonchev–Trinajstić information content (AvgIpc) is 2.94. The van der Waals surface area contributed by atoms with Crippen molar-refractivity contribution in [2.75, 3.05) is 32.7 Å². The molecule has 0 atom stereocenters. The van der Waals surface area contributed by atoms with E-state index in [1.54, 1.807) is 17.5 Å². The highest BCUT2D eigenvalue weighted by molar-refractivity contribution is 7.91. The first-order valence-corrected chi connectivity index (χ1v) is 8.08. The first-order chi connectivity index (χ1) is 9.04. The molecule has 0 aromatic carbocycles. The molecule has 0 bridgehead atoms. The molecule has 1 aromatic heterocycles. The van der Waals surface area contributed by atoms with Crippen LogP contribution < -0.4 is 5.73 Å². The van der Waals surface area contributed by atoms with Gasteiger partial charge in [0.05, 0.1) is 6.54 Å². The number of nitrogens with two attached hydrogens (primary N) is 1. The van der Waals surface area contributed by atoms with Crippen molar-refractivity contribution in [3.05, 3.63) is 17.5 Å². The molecule has 0 aliphatic carbocycles. The summed E-state index contributed by atoms with van der Waals surface area (Å²) >= 11 is 1.22. The van der Waals surface area contributed by atoms with Crippen molar-refractivity contribution in [2.45, 2.75) is 4.21 Å². The van der Waals surface area contributed by atoms with E-state index in [1.165, 1.54) is 15.6 Å². The average molecular weight is 304 g/mol. The van der Waals surface area contributed by atoms with Crippen LogP contribution in [0.5, 0.6) is 0 Å². The normalized spacial score (nSPS) is 19.7. The zero-order chi connectivity index (χ0) is 13.9. The number of piperazine rings is 1. The number of amidine groups is 1. The van der Waals surface area contributed by atoms with Crippen molar-refractivity contribution in [3.8, 4) is 0 Å². The van der Waals surface area contributed by atoms with E-state index in [1.807, 2.05) is 4.90 Å². The number of hydrogen-bond acceptors (Lipinski definition) is 6. The Morgan fingerprint density at radius 1 is 1.42 bits per heavy atom. The molecule has 19 heavy (non-hydrogen) atoms. The molecule has 0 radical (unpaired) electrons. The third-order valence-corrected chi connectivity index (χ3v) is 6.21. The summed E-state index contributed by atoms with van der Waals surface area (Å²) in [4.78, 5) is 1.95. The van der Waals surface area contributed by atoms with Crippen LogP contribution in [0, 0.1) is 0 Å². The predicted octanol–water partition coefficient (Wildman–Crippen LogP) is -0.199. The topological polar surface area (TPSA) is 99.2 Å². The fraction of sp³-hybridized carbons (Fsp3) is 0.500. The molecule has 1 aromatic rings. The lowest BCUT2D eigenvalue weighted by molar-refractivity contribution is 0.206. The zero-order valence-corrected chi connectivity index (χ0v) is 11.9. The molecule has 9 heteroatoms. The largest absolute Gasteiger partial charge is 0.409 e. The lowest BCUT2D eigenvalue weighted by atomic mass is 10.3. The lowest BCUT2D eigenvalue weighted by Gasteiger charge is -2.33. The highest BCUT2D eigenvalue weighted by Gasteiger charge is 2.29. The van der Waals surface area contributed by atoms with E-state index in [-0.39, 0.29) is 5.84 Å². The first kappa shape index (κ1) is 14.3. The second-order valence-corrected chi connectivity index (χ2v) is 7.32. The van der Waals surface area contributed by atoms with Gasteiger partial charge >= 0.3 is 0 Å². The SMILES string of the molecule is NC(CN1CCN(S(=O)(=O)c2cccs2)CC1)=NO. The van der Waals surface area contributed by atoms with Crippen LogP contribution in [0.4, 0.5) is 0 Å². The van der Waals surface area contributed by atoms with Crippen LogP contribution in [0.15, 0.2) is 26.9 Å². The zero-order valence-electron chi connectivity index (χ0n) is 10.3. The second-order valence-electron chi connectivity index (χ2n) is 4.20. The number of nitrogens with zero attached hydrogens (tertiary/aromatic N) is 3. The Morgan fingerprint density at radius 3 is 2.63 bits per heavy atom. The molecule has 1 fully saturated rings. The van der Waals surface area contributed by atoms with Gasteiger partial charge < -0.3 is 10.9 Å². The van der Waals surface area contributed by atoms with Crippen LogP contribution in [-0.4, -0.2) is 61.4 Å². The van der Waals surface area contributed by atoms with Gasteiger partial charge in [-0.1, -0.05) is 11.2 Å². The Balaban J connectivity index is 1.97. The molecule has 0 saturated carbocycles. The van der Waals surface area contributed by atoms with Gasteiger partial charge in [-0.3, -0.25) is 4.90 Å². The van der Waals surface area contributed by atoms with Crippen molar-refractivity contribution >= 4 is 27.2 Å². The van der Waals surface area contributed by atoms with Gasteiger partial charge in [0.2, 0.25) is 0 Å². The summed E-state index contributed by atoms with van der Waals surface area (Å²) in [7, 11) is -3.36. The van der Waals surface area contributed by atoms with E-state index in [4.69, 9.17) is 10.9 Å². The fourth-order valence-electron chi connectivity index (χ4n) is 1.93. The summed E-state index contributed by atoms with van der Waals surface area (Å²) in [6.07, 6.45) is 0. The highest BCUT2D eigenvalue weighted by atomic mass is 32.2. The van der Waals surface area contributed by atoms with E-state index in [2.05, 4.69) is 5.16 Å². The van der Waals surface area contributed by atoms with E-state index in [0.29, 0.717) is 36.9 Å². The number of sulfonamides is 1. The number of thiophene rings is 1. The van der Waals surface area contributed by atoms with Crippen LogP contribution >= 0.6 is 11.3 Å². The molecule has 0 spiro atoms. The van der Waals surface area contributed by atoms with Crippen LogP contribution in [0.1, 0.15) is 0 Å². The monoisotopic (exact) mass is 304 g/mol. The summed E-state index contributed by atoms with van der Waals surface area (Å²) in [6, 6.07) is 3.34. The molecule has 2 heterocycles. The third kappa shape index (κ3) is 3.24. The lowest BCUT2D eigenvalue weighted by Crippen LogP contribution is -2.50. The van der Waals surface area contributed by atoms with E-state index < -0.39 is 10.0 Å². The molecule has 1 saturated heterocycles. The summed E-state index contributed by atoms with van der Waals surface area (Å²) in [5.41, 5.74) is 5.43. The van der Waals surface area contributed by atoms with Gasteiger partial charge in [-0.2, -0.15) is 4.31 Å². The first-order valence-electron chi connectivity index (χ1n) is 5.76. The van der Waals surface area contributed by atoms with Crippen molar-refractivity contribution in [3.63, 3.8) is 0 Å². The Hall–Kier alpha value is -1.16. The third-order valence-electron chi connectivity index (χ3n) is 2.93. The van der Waals surface area contributed by atoms with Crippen LogP contribution in [-0.2, 0) is 10.0 Å². The maximum atomic E-state index is 12.3. The van der Waals surface area contributed by atoms with Gasteiger partial charge in [0, 0.05) is 26.2 Å². The van der Waals surface area contributed by atoms with Crippen LogP contribution in [0.3, 0.4) is 0 Å². The molecule has 106 valence electrons. The van der Waals surface area contributed by atoms with Crippen molar-refractivity contribution in [1.82, 2.24) is 9.21 Å². The minimum absolute atomic E-state index is 0.134. The van der Waals surface area contributed by atoms with Crippen LogP contribution in [0.25, 0.3) is 0 Å². The second kappa shape index (κ2) is 5.87. The quantitative estimate of drug-likeness (QED) is 0.347. The van der Waals surface area contributed by atoms with Gasteiger partial charge in [0.15, 0.2) is 5.84 Å². The Morgan fingerprint density at radius 2 is 2.11 bits per heavy atom. The van der Waals surface area contributed by atoms with E-state index in [9.17, 15) is 8.42 Å². The van der Waals surface area contributed by atoms with Gasteiger partial charge in [-0.25, -0.2) is 8.42 Å². The van der Waals surface area contributed by atoms with Crippen LogP contribution in [0.2, 0.25) is 0 Å². The molecular weight excluding hydrogens is 288 g/mol. The van der Waals surface area contributed by atoms with Gasteiger partial charge in [0.1, 0.15) is 4.21 Å². The minimum Gasteiger partial charge on any atom is -0.409 e. The fourth-order valence-corrected chi connectivity index (χ4v) is 4.49. The Kier molecular flexibility index (Phi) is 4.40. The predicted molar refractivity (Wildman–Crippen MR) is 72.9 cm³/mol. The Labute approximate surface area is 116 Å². The summed E-state index contributed by atoms with van der Waals surface area (Å²) < 4.78 is 26.4. The van der Waals surface area contributed by atoms with E-state index >= 15 is 0 Å². The highest BCUT2D eigenvalue weighted by Crippen LogP contribution is 2.21. The molecule has 1 aliphatic heterocycles. The molecule has 2 rings (SSSR count). The van der Waals surface area contributed by atoms with Gasteiger partial charge in [-0.05, 0) is 11.4 Å². The smallest absolute Gasteiger partial charge is 0.252 e. The van der Waals surface area contributed by atoms with Crippen molar-refractivity contribution in [2.24, 2.45) is 10.9 Å². The number of oxime groups is 1. The molecule has 1 aliphatic rings. The minimum atomic E-state index is -3.36. The number of hydrogen-bond donors (Lipinski definition) is 2. The maximum absolute atomic E-state index is 12.3. The summed E-state index contributed by atoms with van der Waals surface area (Å²) in [5, 5.41) is 13.2. The van der Waals surface area contributed by atoms with Crippen molar-refractivity contribution < 1.29 is 13.6 Å². The van der Waals surface area contributed by atoms with E-state index in [0.717, 1.165) is 0 Å². The summed E-state index contributed by atoms with van der Waals surface area (Å²) in [5.74, 6) is 0.134. The van der Waals surface area contributed by atoms with Crippen molar-refractivity contribution in [1.29, 1.82) is 0 Å². The molecule has 0 unspecified atom stereocenters. The summed E-state index contributed by atoms with van der Waals surface area (Å²) in [6.45, 7) is 2.32. The van der Waals surface area contributed by atoms with Gasteiger partial charge in [0.25, 0.3) is 10.0 Å².